The Morgan fingerprint density at radius 1 is 1.12 bits per heavy atom. The highest BCUT2D eigenvalue weighted by Gasteiger charge is 2.28. The highest BCUT2D eigenvalue weighted by atomic mass is 16.5. The Kier molecular flexibility index (Phi) is 2.73. The number of ether oxygens (including phenoxy) is 1. The van der Waals surface area contributed by atoms with E-state index in [9.17, 15) is 0 Å². The Labute approximate surface area is 101 Å². The Hall–Kier alpha value is -1.54. The van der Waals surface area contributed by atoms with Gasteiger partial charge in [0.05, 0.1) is 0 Å². The number of fused-ring (bicyclic) bond motifs is 1. The molecule has 0 radical (unpaired) electrons. The molecule has 0 aliphatic heterocycles. The Balaban J connectivity index is 1.71. The van der Waals surface area contributed by atoms with Gasteiger partial charge >= 0.3 is 0 Å². The zero-order valence-electron chi connectivity index (χ0n) is 9.80. The summed E-state index contributed by atoms with van der Waals surface area (Å²) in [6.45, 7) is 0.628. The maximum atomic E-state index is 6.01. The summed E-state index contributed by atoms with van der Waals surface area (Å²) in [5.74, 6) is 1.61. The average molecular weight is 227 g/mol. The molecule has 1 atom stereocenters. The second kappa shape index (κ2) is 4.38. The van der Waals surface area contributed by atoms with Crippen molar-refractivity contribution in [3.8, 4) is 5.75 Å². The molecule has 0 heterocycles. The summed E-state index contributed by atoms with van der Waals surface area (Å²) >= 11 is 0. The van der Waals surface area contributed by atoms with Crippen LogP contribution in [0.3, 0.4) is 0 Å². The first kappa shape index (κ1) is 10.6. The van der Waals surface area contributed by atoms with Gasteiger partial charge < -0.3 is 10.5 Å². The lowest BCUT2D eigenvalue weighted by Gasteiger charge is -2.12. The standard InChI is InChI=1S/C15H17NO/c16-15(12-5-6-12)10-17-14-8-7-11-3-1-2-4-13(11)9-14/h1-4,7-9,12,15H,5-6,10,16H2. The molecule has 2 aromatic carbocycles. The highest BCUT2D eigenvalue weighted by Crippen LogP contribution is 2.31. The molecule has 1 aliphatic carbocycles. The quantitative estimate of drug-likeness (QED) is 0.871. The largest absolute Gasteiger partial charge is 0.492 e. The molecule has 0 aromatic heterocycles. The van der Waals surface area contributed by atoms with Crippen molar-refractivity contribution in [2.75, 3.05) is 6.61 Å². The number of hydrogen-bond acceptors (Lipinski definition) is 2. The second-order valence-corrected chi connectivity index (χ2v) is 4.82. The van der Waals surface area contributed by atoms with Gasteiger partial charge in [0, 0.05) is 6.04 Å². The van der Waals surface area contributed by atoms with Crippen molar-refractivity contribution in [2.24, 2.45) is 11.7 Å². The summed E-state index contributed by atoms with van der Waals surface area (Å²) in [6, 6.07) is 14.7. The zero-order chi connectivity index (χ0) is 11.7. The van der Waals surface area contributed by atoms with Crippen LogP contribution in [0.25, 0.3) is 10.8 Å². The molecule has 88 valence electrons. The zero-order valence-corrected chi connectivity index (χ0v) is 9.80. The van der Waals surface area contributed by atoms with Gasteiger partial charge in [-0.25, -0.2) is 0 Å². The van der Waals surface area contributed by atoms with Gasteiger partial charge in [0.2, 0.25) is 0 Å². The summed E-state index contributed by atoms with van der Waals surface area (Å²) in [4.78, 5) is 0. The van der Waals surface area contributed by atoms with Gasteiger partial charge in [-0.2, -0.15) is 0 Å². The SMILES string of the molecule is NC(COc1ccc2ccccc2c1)C1CC1. The van der Waals surface area contributed by atoms with Gasteiger partial charge in [0.25, 0.3) is 0 Å². The topological polar surface area (TPSA) is 35.2 Å². The normalized spacial score (nSPS) is 17.0. The first-order valence-corrected chi connectivity index (χ1v) is 6.20. The van der Waals surface area contributed by atoms with E-state index in [0.29, 0.717) is 12.5 Å². The predicted octanol–water partition coefficient (Wildman–Crippen LogP) is 2.96. The van der Waals surface area contributed by atoms with Crippen molar-refractivity contribution in [3.63, 3.8) is 0 Å². The summed E-state index contributed by atoms with van der Waals surface area (Å²) in [6.07, 6.45) is 2.53. The van der Waals surface area contributed by atoms with Crippen molar-refractivity contribution in [2.45, 2.75) is 18.9 Å². The van der Waals surface area contributed by atoms with Crippen molar-refractivity contribution in [3.05, 3.63) is 42.5 Å². The molecule has 1 fully saturated rings. The maximum Gasteiger partial charge on any atom is 0.120 e. The van der Waals surface area contributed by atoms with Crippen LogP contribution in [0.15, 0.2) is 42.5 Å². The number of hydrogen-bond donors (Lipinski definition) is 1. The highest BCUT2D eigenvalue weighted by molar-refractivity contribution is 5.83. The first-order chi connectivity index (χ1) is 8.33. The Morgan fingerprint density at radius 2 is 1.88 bits per heavy atom. The summed E-state index contributed by atoms with van der Waals surface area (Å²) in [5, 5.41) is 2.45. The van der Waals surface area contributed by atoms with E-state index in [1.807, 2.05) is 18.2 Å². The fraction of sp³-hybridized carbons (Fsp3) is 0.333. The van der Waals surface area contributed by atoms with Crippen LogP contribution in [0.4, 0.5) is 0 Å². The molecular formula is C15H17NO. The molecule has 0 amide bonds. The molecular weight excluding hydrogens is 210 g/mol. The van der Waals surface area contributed by atoms with Gasteiger partial charge in [-0.1, -0.05) is 30.3 Å². The van der Waals surface area contributed by atoms with E-state index >= 15 is 0 Å². The van der Waals surface area contributed by atoms with Crippen LogP contribution < -0.4 is 10.5 Å². The fourth-order valence-electron chi connectivity index (χ4n) is 2.11. The molecule has 2 nitrogen and oxygen atoms in total. The van der Waals surface area contributed by atoms with Crippen LogP contribution in [-0.2, 0) is 0 Å². The van der Waals surface area contributed by atoms with Gasteiger partial charge in [-0.3, -0.25) is 0 Å². The maximum absolute atomic E-state index is 6.01. The third-order valence-electron chi connectivity index (χ3n) is 3.39. The van der Waals surface area contributed by atoms with E-state index in [0.717, 1.165) is 5.75 Å². The fourth-order valence-corrected chi connectivity index (χ4v) is 2.11. The summed E-state index contributed by atoms with van der Waals surface area (Å²) < 4.78 is 5.75. The molecule has 0 bridgehead atoms. The van der Waals surface area contributed by atoms with E-state index in [2.05, 4.69) is 24.3 Å². The summed E-state index contributed by atoms with van der Waals surface area (Å²) in [7, 11) is 0. The lowest BCUT2D eigenvalue weighted by molar-refractivity contribution is 0.276. The van der Waals surface area contributed by atoms with E-state index in [1.54, 1.807) is 0 Å². The van der Waals surface area contributed by atoms with Gasteiger partial charge in [0.1, 0.15) is 12.4 Å². The monoisotopic (exact) mass is 227 g/mol. The smallest absolute Gasteiger partial charge is 0.120 e. The minimum absolute atomic E-state index is 0.196. The van der Waals surface area contributed by atoms with Crippen molar-refractivity contribution < 1.29 is 4.74 Å². The third-order valence-corrected chi connectivity index (χ3v) is 3.39. The third kappa shape index (κ3) is 2.42. The van der Waals surface area contributed by atoms with Crippen LogP contribution in [0.1, 0.15) is 12.8 Å². The Morgan fingerprint density at radius 3 is 2.65 bits per heavy atom. The van der Waals surface area contributed by atoms with Crippen molar-refractivity contribution >= 4 is 10.8 Å². The van der Waals surface area contributed by atoms with Crippen molar-refractivity contribution in [1.29, 1.82) is 0 Å². The van der Waals surface area contributed by atoms with E-state index in [-0.39, 0.29) is 6.04 Å². The van der Waals surface area contributed by atoms with Crippen molar-refractivity contribution in [1.82, 2.24) is 0 Å². The molecule has 1 aliphatic rings. The first-order valence-electron chi connectivity index (χ1n) is 6.20. The molecule has 1 saturated carbocycles. The van der Waals surface area contributed by atoms with E-state index in [1.165, 1.54) is 23.6 Å². The lowest BCUT2D eigenvalue weighted by Crippen LogP contribution is -2.29. The van der Waals surface area contributed by atoms with Gasteiger partial charge in [-0.15, -0.1) is 0 Å². The molecule has 2 aromatic rings. The van der Waals surface area contributed by atoms with Crippen LogP contribution in [0.2, 0.25) is 0 Å². The summed E-state index contributed by atoms with van der Waals surface area (Å²) in [5.41, 5.74) is 6.01. The lowest BCUT2D eigenvalue weighted by atomic mass is 10.1. The molecule has 3 rings (SSSR count). The molecule has 0 saturated heterocycles. The predicted molar refractivity (Wildman–Crippen MR) is 70.1 cm³/mol. The molecule has 17 heavy (non-hydrogen) atoms. The Bertz CT molecular complexity index is 519. The number of nitrogens with two attached hydrogens (primary N) is 1. The molecule has 2 heteroatoms. The molecule has 2 N–H and O–H groups in total. The average Bonchev–Trinajstić information content (AvgIpc) is 3.20. The second-order valence-electron chi connectivity index (χ2n) is 4.82. The number of benzene rings is 2. The van der Waals surface area contributed by atoms with Crippen LogP contribution in [0.5, 0.6) is 5.75 Å². The molecule has 1 unspecified atom stereocenters. The minimum atomic E-state index is 0.196. The van der Waals surface area contributed by atoms with Gasteiger partial charge in [-0.05, 0) is 41.7 Å². The molecule has 0 spiro atoms. The van der Waals surface area contributed by atoms with Crippen LogP contribution in [-0.4, -0.2) is 12.6 Å². The van der Waals surface area contributed by atoms with Crippen LogP contribution in [0, 0.1) is 5.92 Å². The van der Waals surface area contributed by atoms with E-state index < -0.39 is 0 Å². The van der Waals surface area contributed by atoms with Gasteiger partial charge in [0.15, 0.2) is 0 Å². The van der Waals surface area contributed by atoms with E-state index in [4.69, 9.17) is 10.5 Å². The van der Waals surface area contributed by atoms with Crippen LogP contribution >= 0.6 is 0 Å². The minimum Gasteiger partial charge on any atom is -0.492 e. The number of rotatable bonds is 4.